The van der Waals surface area contributed by atoms with Crippen LogP contribution in [0.2, 0.25) is 0 Å². The van der Waals surface area contributed by atoms with Gasteiger partial charge < -0.3 is 55.6 Å². The number of hydrogen-bond donors (Lipinski definition) is 6. The Kier molecular flexibility index (Phi) is 36.4. The Morgan fingerprint density at radius 1 is 0.629 bits per heavy atom. The van der Waals surface area contributed by atoms with E-state index in [1.54, 1.807) is 0 Å². The number of methoxy groups -OCH3 is 1. The number of esters is 3. The van der Waals surface area contributed by atoms with Crippen LogP contribution in [-0.2, 0) is 57.2 Å². The number of carbonyl (C=O) groups excluding carboxylic acids is 7. The number of primary amides is 1. The molecule has 0 aliphatic carbocycles. The van der Waals surface area contributed by atoms with E-state index in [1.807, 2.05) is 0 Å². The monoisotopic (exact) mass is 999 g/mol. The highest BCUT2D eigenvalue weighted by Crippen LogP contribution is 2.25. The topological polar surface area (TPSA) is 268 Å². The fraction of sp³-hybridized carbons (Fsp3) is 0.865. The largest absolute Gasteiger partial charge is 0.469 e. The van der Waals surface area contributed by atoms with E-state index >= 15 is 0 Å². The van der Waals surface area contributed by atoms with Crippen LogP contribution in [0.1, 0.15) is 221 Å². The van der Waals surface area contributed by atoms with Crippen molar-refractivity contribution in [3.8, 4) is 0 Å². The number of aliphatic hydroxyl groups excluding tert-OH is 2. The van der Waals surface area contributed by atoms with Gasteiger partial charge in [0.25, 0.3) is 0 Å². The predicted molar refractivity (Wildman–Crippen MR) is 266 cm³/mol. The summed E-state index contributed by atoms with van der Waals surface area (Å²) in [6.45, 7) is 7.72. The molecule has 2 unspecified atom stereocenters. The fourth-order valence-corrected chi connectivity index (χ4v) is 8.45. The number of rotatable bonds is 42. The second-order valence-corrected chi connectivity index (χ2v) is 19.1. The molecule has 1 heterocycles. The van der Waals surface area contributed by atoms with Crippen LogP contribution in [0.15, 0.2) is 0 Å². The molecule has 0 saturated carbocycles. The van der Waals surface area contributed by atoms with E-state index in [9.17, 15) is 43.8 Å². The highest BCUT2D eigenvalue weighted by atomic mass is 16.6. The Hall–Kier alpha value is -3.87. The fourth-order valence-electron chi connectivity index (χ4n) is 8.45. The van der Waals surface area contributed by atoms with Gasteiger partial charge in [0.05, 0.1) is 13.5 Å². The van der Waals surface area contributed by atoms with Gasteiger partial charge in [0, 0.05) is 19.8 Å². The van der Waals surface area contributed by atoms with Crippen LogP contribution in [0.5, 0.6) is 0 Å². The first-order chi connectivity index (χ1) is 33.5. The summed E-state index contributed by atoms with van der Waals surface area (Å²) in [6.07, 6.45) is 19.9. The number of nitrogens with one attached hydrogen (secondary N) is 3. The van der Waals surface area contributed by atoms with Gasteiger partial charge in [-0.25, -0.2) is 0 Å². The zero-order valence-corrected chi connectivity index (χ0v) is 43.8. The van der Waals surface area contributed by atoms with E-state index in [0.29, 0.717) is 12.8 Å². The Labute approximate surface area is 419 Å². The summed E-state index contributed by atoms with van der Waals surface area (Å²) < 4.78 is 27.4. The van der Waals surface area contributed by atoms with Crippen LogP contribution in [0.4, 0.5) is 0 Å². The van der Waals surface area contributed by atoms with Gasteiger partial charge in [-0.2, -0.15) is 0 Å². The molecule has 4 amide bonds. The van der Waals surface area contributed by atoms with Gasteiger partial charge in [-0.3, -0.25) is 33.6 Å². The third-order valence-electron chi connectivity index (χ3n) is 12.8. The molecule has 18 heteroatoms. The molecule has 0 bridgehead atoms. The number of unbranched alkanes of at least 4 members (excludes halogenated alkanes) is 22. The Morgan fingerprint density at radius 3 is 1.61 bits per heavy atom. The molecule has 9 atom stereocenters. The second-order valence-electron chi connectivity index (χ2n) is 19.1. The lowest BCUT2D eigenvalue weighted by Crippen LogP contribution is -2.66. The predicted octanol–water partition coefficient (Wildman–Crippen LogP) is 6.80. The summed E-state index contributed by atoms with van der Waals surface area (Å²) >= 11 is 0. The van der Waals surface area contributed by atoms with Gasteiger partial charge >= 0.3 is 17.9 Å². The van der Waals surface area contributed by atoms with Crippen LogP contribution in [0.25, 0.3) is 0 Å². The second kappa shape index (κ2) is 39.7. The first-order valence-corrected chi connectivity index (χ1v) is 26.8. The lowest BCUT2D eigenvalue weighted by Gasteiger charge is -2.43. The molecular weight excluding hydrogens is 905 g/mol. The maximum atomic E-state index is 13.3. The molecular formula is C52H94N4O14. The van der Waals surface area contributed by atoms with Crippen LogP contribution in [-0.4, -0.2) is 120 Å². The van der Waals surface area contributed by atoms with Crippen molar-refractivity contribution in [2.45, 2.75) is 276 Å². The van der Waals surface area contributed by atoms with Crippen LogP contribution < -0.4 is 21.7 Å². The van der Waals surface area contributed by atoms with Crippen molar-refractivity contribution in [2.24, 2.45) is 5.73 Å². The number of ether oxygens (including phenoxy) is 5. The summed E-state index contributed by atoms with van der Waals surface area (Å²) in [4.78, 5) is 88.0. The minimum Gasteiger partial charge on any atom is -0.469 e. The molecule has 7 N–H and O–H groups in total. The maximum absolute atomic E-state index is 13.3. The minimum absolute atomic E-state index is 0.133. The summed E-state index contributed by atoms with van der Waals surface area (Å²) in [6, 6.07) is -3.82. The molecule has 406 valence electrons. The Balaban J connectivity index is 2.84. The molecule has 0 aromatic rings. The van der Waals surface area contributed by atoms with E-state index in [0.717, 1.165) is 44.9 Å². The van der Waals surface area contributed by atoms with Crippen molar-refractivity contribution >= 4 is 41.5 Å². The van der Waals surface area contributed by atoms with Gasteiger partial charge in [-0.1, -0.05) is 155 Å². The summed E-state index contributed by atoms with van der Waals surface area (Å²) in [5, 5.41) is 29.7. The third kappa shape index (κ3) is 30.1. The van der Waals surface area contributed by atoms with Gasteiger partial charge in [0.15, 0.2) is 6.29 Å². The van der Waals surface area contributed by atoms with E-state index in [1.165, 1.54) is 131 Å². The van der Waals surface area contributed by atoms with E-state index in [4.69, 9.17) is 24.7 Å². The average molecular weight is 999 g/mol. The highest BCUT2D eigenvalue weighted by Gasteiger charge is 2.47. The Bertz CT molecular complexity index is 1490. The van der Waals surface area contributed by atoms with E-state index < -0.39 is 97.1 Å². The first-order valence-electron chi connectivity index (χ1n) is 26.8. The molecule has 0 radical (unpaired) electrons. The van der Waals surface area contributed by atoms with Crippen LogP contribution in [0.3, 0.4) is 0 Å². The number of amides is 4. The molecule has 0 aromatic heterocycles. The quantitative estimate of drug-likeness (QED) is 0.0209. The first kappa shape index (κ1) is 64.1. The third-order valence-corrected chi connectivity index (χ3v) is 12.8. The number of carbonyl (C=O) groups is 7. The number of aliphatic hydroxyl groups is 2. The van der Waals surface area contributed by atoms with Gasteiger partial charge in [-0.05, 0) is 39.5 Å². The molecule has 70 heavy (non-hydrogen) atoms. The average Bonchev–Trinajstić information content (AvgIpc) is 3.32. The molecule has 18 nitrogen and oxygen atoms in total. The van der Waals surface area contributed by atoms with Crippen molar-refractivity contribution in [2.75, 3.05) is 13.7 Å². The highest BCUT2D eigenvalue weighted by molar-refractivity contribution is 5.92. The molecule has 0 spiro atoms. The van der Waals surface area contributed by atoms with E-state index in [2.05, 4.69) is 34.5 Å². The molecule has 0 aromatic carbocycles. The molecule has 1 aliphatic rings. The smallest absolute Gasteiger partial charge is 0.309 e. The minimum atomic E-state index is -1.77. The van der Waals surface area contributed by atoms with Crippen molar-refractivity contribution in [3.63, 3.8) is 0 Å². The molecule has 1 aliphatic heterocycles. The lowest BCUT2D eigenvalue weighted by atomic mass is 9.96. The van der Waals surface area contributed by atoms with Crippen molar-refractivity contribution in [1.29, 1.82) is 0 Å². The zero-order valence-electron chi connectivity index (χ0n) is 43.8. The SMILES string of the molecule is CCCCCCCCCCCCCCCC(=O)O[C@H](CCCCCCCCCCCCC)CC(=O)OC[C@H]1OC(O)[C@H](NC(C)=O)[C@H](OC(C)C(=O)N[C@@H](C)C(=O)N[C@H](CCC(=O)OC)C(N)=O)[C@@H]1O. The summed E-state index contributed by atoms with van der Waals surface area (Å²) in [7, 11) is 1.17. The maximum Gasteiger partial charge on any atom is 0.309 e. The normalized spacial score (nSPS) is 19.5. The number of nitrogens with two attached hydrogens (primary N) is 1. The van der Waals surface area contributed by atoms with Crippen molar-refractivity contribution in [1.82, 2.24) is 16.0 Å². The molecule has 1 fully saturated rings. The molecule has 1 rings (SSSR count). The lowest BCUT2D eigenvalue weighted by molar-refractivity contribution is -0.267. The Morgan fingerprint density at radius 2 is 1.13 bits per heavy atom. The van der Waals surface area contributed by atoms with Gasteiger partial charge in [0.2, 0.25) is 23.6 Å². The number of hydrogen-bond acceptors (Lipinski definition) is 14. The summed E-state index contributed by atoms with van der Waals surface area (Å²) in [5.41, 5.74) is 5.38. The van der Waals surface area contributed by atoms with Gasteiger partial charge in [-0.15, -0.1) is 0 Å². The molecule has 1 saturated heterocycles. The van der Waals surface area contributed by atoms with Crippen LogP contribution >= 0.6 is 0 Å². The summed E-state index contributed by atoms with van der Waals surface area (Å²) in [5.74, 6) is -4.82. The zero-order chi connectivity index (χ0) is 52.1. The van der Waals surface area contributed by atoms with E-state index in [-0.39, 0.29) is 31.7 Å². The van der Waals surface area contributed by atoms with Crippen molar-refractivity contribution < 1.29 is 67.5 Å². The van der Waals surface area contributed by atoms with Crippen molar-refractivity contribution in [3.05, 3.63) is 0 Å². The van der Waals surface area contributed by atoms with Crippen LogP contribution in [0, 0.1) is 0 Å². The standard InChI is InChI=1S/C52H94N4O14/c1-7-9-11-13-15-17-19-20-22-24-26-28-30-32-44(59)69-40(31-29-27-25-23-21-18-16-14-12-10-8-2)35-45(60)67-36-42-47(61)48(46(52(65)70-42)55-39(5)57)68-38(4)51(64)54-37(3)50(63)56-41(49(53)62)33-34-43(58)66-6/h37-38,40-42,46-48,52,61,65H,7-36H2,1-6H3,(H2,53,62)(H,54,64)(H,55,57)(H,56,63)/t37-,38?,40+,41+,42+,46+,47+,48-,52?/m0/s1. The van der Waals surface area contributed by atoms with Gasteiger partial charge in [0.1, 0.15) is 55.3 Å².